The molecule has 0 fully saturated rings. The van der Waals surface area contributed by atoms with E-state index < -0.39 is 10.8 Å². The Labute approximate surface area is 127 Å². The fourth-order valence-corrected chi connectivity index (χ4v) is 2.17. The topological polar surface area (TPSA) is 61.2 Å². The third-order valence-corrected chi connectivity index (χ3v) is 3.21. The second-order valence-corrected chi connectivity index (χ2v) is 4.79. The lowest BCUT2D eigenvalue weighted by atomic mass is 10.1. The zero-order valence-electron chi connectivity index (χ0n) is 11.8. The summed E-state index contributed by atoms with van der Waals surface area (Å²) in [6.45, 7) is 2.34. The molecule has 0 spiro atoms. The molecule has 1 aromatic heterocycles. The molecule has 0 atom stereocenters. The SMILES string of the molecule is CCCn1nc(-c2ccccc2OC)cc(C(=O)Cl)c1=O. The van der Waals surface area contributed by atoms with Crippen molar-refractivity contribution in [2.24, 2.45) is 0 Å². The van der Waals surface area contributed by atoms with Gasteiger partial charge >= 0.3 is 0 Å². The van der Waals surface area contributed by atoms with Crippen LogP contribution >= 0.6 is 11.6 Å². The van der Waals surface area contributed by atoms with E-state index in [0.717, 1.165) is 6.42 Å². The number of carbonyl (C=O) groups is 1. The van der Waals surface area contributed by atoms with Crippen LogP contribution in [0.4, 0.5) is 0 Å². The van der Waals surface area contributed by atoms with Gasteiger partial charge in [-0.2, -0.15) is 5.10 Å². The van der Waals surface area contributed by atoms with Crippen molar-refractivity contribution in [1.82, 2.24) is 9.78 Å². The molecule has 2 rings (SSSR count). The molecule has 0 bridgehead atoms. The van der Waals surface area contributed by atoms with E-state index in [1.165, 1.54) is 10.7 Å². The molecule has 110 valence electrons. The van der Waals surface area contributed by atoms with Gasteiger partial charge in [-0.3, -0.25) is 9.59 Å². The van der Waals surface area contributed by atoms with Gasteiger partial charge in [0.15, 0.2) is 0 Å². The number of hydrogen-bond acceptors (Lipinski definition) is 4. The average molecular weight is 307 g/mol. The van der Waals surface area contributed by atoms with Crippen LogP contribution in [0, 0.1) is 0 Å². The van der Waals surface area contributed by atoms with Gasteiger partial charge < -0.3 is 4.74 Å². The van der Waals surface area contributed by atoms with Crippen LogP contribution in [0.25, 0.3) is 11.3 Å². The number of nitrogens with zero attached hydrogens (tertiary/aromatic N) is 2. The monoisotopic (exact) mass is 306 g/mol. The third kappa shape index (κ3) is 3.13. The van der Waals surface area contributed by atoms with Crippen molar-refractivity contribution < 1.29 is 9.53 Å². The van der Waals surface area contributed by atoms with Gasteiger partial charge in [-0.05, 0) is 36.2 Å². The minimum absolute atomic E-state index is 0.0824. The maximum Gasteiger partial charge on any atom is 0.278 e. The summed E-state index contributed by atoms with van der Waals surface area (Å²) in [4.78, 5) is 23.6. The number of benzene rings is 1. The molecular weight excluding hydrogens is 292 g/mol. The van der Waals surface area contributed by atoms with Crippen LogP contribution in [-0.2, 0) is 6.54 Å². The molecule has 0 N–H and O–H groups in total. The summed E-state index contributed by atoms with van der Waals surface area (Å²) in [6.07, 6.45) is 0.720. The number of para-hydroxylation sites is 1. The Morgan fingerprint density at radius 2 is 2.10 bits per heavy atom. The molecule has 21 heavy (non-hydrogen) atoms. The van der Waals surface area contributed by atoms with E-state index in [0.29, 0.717) is 23.6 Å². The van der Waals surface area contributed by atoms with Crippen molar-refractivity contribution in [3.63, 3.8) is 0 Å². The number of hydrogen-bond donors (Lipinski definition) is 0. The van der Waals surface area contributed by atoms with E-state index in [9.17, 15) is 9.59 Å². The first-order valence-electron chi connectivity index (χ1n) is 6.53. The fourth-order valence-electron chi connectivity index (χ4n) is 2.03. The normalized spacial score (nSPS) is 10.4. The van der Waals surface area contributed by atoms with Gasteiger partial charge in [0, 0.05) is 12.1 Å². The molecule has 1 aromatic carbocycles. The fraction of sp³-hybridized carbons (Fsp3) is 0.267. The molecule has 2 aromatic rings. The minimum atomic E-state index is -0.789. The minimum Gasteiger partial charge on any atom is -0.496 e. The molecule has 0 aliphatic heterocycles. The molecule has 1 heterocycles. The Bertz CT molecular complexity index is 725. The predicted molar refractivity (Wildman–Crippen MR) is 81.0 cm³/mol. The van der Waals surface area contributed by atoms with Crippen LogP contribution in [0.5, 0.6) is 5.75 Å². The summed E-state index contributed by atoms with van der Waals surface area (Å²) in [7, 11) is 1.55. The molecule has 0 unspecified atom stereocenters. The summed E-state index contributed by atoms with van der Waals surface area (Å²) in [5.74, 6) is 0.611. The molecule has 0 amide bonds. The van der Waals surface area contributed by atoms with E-state index in [4.69, 9.17) is 16.3 Å². The molecule has 0 radical (unpaired) electrons. The van der Waals surface area contributed by atoms with Crippen LogP contribution in [0.2, 0.25) is 0 Å². The van der Waals surface area contributed by atoms with Crippen LogP contribution in [0.3, 0.4) is 0 Å². The van der Waals surface area contributed by atoms with Crippen molar-refractivity contribution in [2.45, 2.75) is 19.9 Å². The smallest absolute Gasteiger partial charge is 0.278 e. The molecule has 6 heteroatoms. The van der Waals surface area contributed by atoms with Crippen molar-refractivity contribution in [3.05, 3.63) is 46.2 Å². The molecule has 0 aliphatic rings. The van der Waals surface area contributed by atoms with Gasteiger partial charge in [-0.15, -0.1) is 0 Å². The second-order valence-electron chi connectivity index (χ2n) is 4.45. The zero-order valence-corrected chi connectivity index (χ0v) is 12.6. The Hall–Kier alpha value is -2.14. The number of ether oxygens (including phenoxy) is 1. The lowest BCUT2D eigenvalue weighted by molar-refractivity contribution is 0.107. The van der Waals surface area contributed by atoms with E-state index in [2.05, 4.69) is 5.10 Å². The highest BCUT2D eigenvalue weighted by Crippen LogP contribution is 2.27. The van der Waals surface area contributed by atoms with Crippen LogP contribution < -0.4 is 10.3 Å². The Balaban J connectivity index is 2.69. The summed E-state index contributed by atoms with van der Waals surface area (Å²) in [5, 5.41) is 3.51. The first-order chi connectivity index (χ1) is 10.1. The molecule has 5 nitrogen and oxygen atoms in total. The van der Waals surface area contributed by atoms with E-state index in [-0.39, 0.29) is 5.56 Å². The quantitative estimate of drug-likeness (QED) is 0.797. The van der Waals surface area contributed by atoms with Gasteiger partial charge in [0.1, 0.15) is 11.3 Å². The van der Waals surface area contributed by atoms with Crippen LogP contribution in [0.15, 0.2) is 35.1 Å². The van der Waals surface area contributed by atoms with Crippen molar-refractivity contribution in [2.75, 3.05) is 7.11 Å². The first-order valence-corrected chi connectivity index (χ1v) is 6.91. The Kier molecular flexibility index (Phi) is 4.75. The maximum atomic E-state index is 12.1. The van der Waals surface area contributed by atoms with Crippen LogP contribution in [0.1, 0.15) is 23.7 Å². The highest BCUT2D eigenvalue weighted by molar-refractivity contribution is 6.67. The number of aryl methyl sites for hydroxylation is 1. The maximum absolute atomic E-state index is 12.1. The summed E-state index contributed by atoms with van der Waals surface area (Å²) < 4.78 is 6.55. The summed E-state index contributed by atoms with van der Waals surface area (Å²) >= 11 is 5.50. The molecule has 0 aliphatic carbocycles. The average Bonchev–Trinajstić information content (AvgIpc) is 2.49. The Morgan fingerprint density at radius 1 is 1.38 bits per heavy atom. The van der Waals surface area contributed by atoms with Gasteiger partial charge in [0.05, 0.1) is 12.8 Å². The van der Waals surface area contributed by atoms with Crippen molar-refractivity contribution in [3.8, 4) is 17.0 Å². The van der Waals surface area contributed by atoms with Crippen molar-refractivity contribution >= 4 is 16.8 Å². The number of methoxy groups -OCH3 is 1. The lowest BCUT2D eigenvalue weighted by Gasteiger charge is -2.11. The molecular formula is C15H15ClN2O3. The second kappa shape index (κ2) is 6.54. The number of carbonyl (C=O) groups excluding carboxylic acids is 1. The number of halogens is 1. The largest absolute Gasteiger partial charge is 0.496 e. The predicted octanol–water partition coefficient (Wildman–Crippen LogP) is 2.71. The van der Waals surface area contributed by atoms with E-state index in [1.807, 2.05) is 25.1 Å². The van der Waals surface area contributed by atoms with Gasteiger partial charge in [-0.1, -0.05) is 19.1 Å². The molecule has 0 saturated heterocycles. The van der Waals surface area contributed by atoms with Crippen molar-refractivity contribution in [1.29, 1.82) is 0 Å². The third-order valence-electron chi connectivity index (χ3n) is 3.00. The Morgan fingerprint density at radius 3 is 2.71 bits per heavy atom. The van der Waals surface area contributed by atoms with Gasteiger partial charge in [0.25, 0.3) is 10.8 Å². The van der Waals surface area contributed by atoms with E-state index in [1.54, 1.807) is 13.2 Å². The highest BCUT2D eigenvalue weighted by atomic mass is 35.5. The highest BCUT2D eigenvalue weighted by Gasteiger charge is 2.16. The van der Waals surface area contributed by atoms with Gasteiger partial charge in [-0.25, -0.2) is 4.68 Å². The first kappa shape index (κ1) is 15.3. The van der Waals surface area contributed by atoms with Crippen LogP contribution in [-0.4, -0.2) is 22.1 Å². The summed E-state index contributed by atoms with van der Waals surface area (Å²) in [5.41, 5.74) is 0.616. The molecule has 0 saturated carbocycles. The number of rotatable bonds is 5. The van der Waals surface area contributed by atoms with E-state index >= 15 is 0 Å². The number of aromatic nitrogens is 2. The summed E-state index contributed by atoms with van der Waals surface area (Å²) in [6, 6.07) is 8.66. The standard InChI is InChI=1S/C15H15ClN2O3/c1-3-8-18-15(20)11(14(16)19)9-12(17-18)10-6-4-5-7-13(10)21-2/h4-7,9H,3,8H2,1-2H3. The van der Waals surface area contributed by atoms with Gasteiger partial charge in [0.2, 0.25) is 0 Å². The lowest BCUT2D eigenvalue weighted by Crippen LogP contribution is -2.27. The zero-order chi connectivity index (χ0) is 15.4.